The number of aromatic nitrogens is 1. The molecule has 14 nitrogen and oxygen atoms in total. The maximum Gasteiger partial charge on any atom is 0.246 e. The Kier molecular flexibility index (Phi) is 14.1. The van der Waals surface area contributed by atoms with Gasteiger partial charge in [0.15, 0.2) is 0 Å². The topological polar surface area (TPSA) is 202 Å². The number of ether oxygens (including phenoxy) is 2. The molecular weight excluding hydrogens is 775 g/mol. The van der Waals surface area contributed by atoms with Gasteiger partial charge in [0.05, 0.1) is 19.3 Å². The molecule has 4 aromatic carbocycles. The number of carbonyl (C=O) groups is 5. The highest BCUT2D eigenvalue weighted by Gasteiger charge is 2.43. The van der Waals surface area contributed by atoms with Crippen molar-refractivity contribution in [2.24, 2.45) is 11.5 Å². The van der Waals surface area contributed by atoms with Gasteiger partial charge < -0.3 is 46.4 Å². The number of para-hydroxylation sites is 1. The maximum absolute atomic E-state index is 14.3. The van der Waals surface area contributed by atoms with Gasteiger partial charge in [-0.05, 0) is 72.6 Å². The predicted molar refractivity (Wildman–Crippen MR) is 230 cm³/mol. The van der Waals surface area contributed by atoms with Gasteiger partial charge in [-0.2, -0.15) is 0 Å². The quantitative estimate of drug-likeness (QED) is 0.0883. The number of carbonyl (C=O) groups excluding carboxylic acids is 5. The fraction of sp³-hybridized carbons (Fsp3) is 0.340. The van der Waals surface area contributed by atoms with Crippen LogP contribution in [0.1, 0.15) is 47.9 Å². The van der Waals surface area contributed by atoms with Crippen molar-refractivity contribution in [2.45, 2.75) is 81.9 Å². The highest BCUT2D eigenvalue weighted by Crippen LogP contribution is 2.27. The summed E-state index contributed by atoms with van der Waals surface area (Å²) in [6, 6.07) is 29.3. The number of benzene rings is 4. The molecule has 1 aromatic heterocycles. The van der Waals surface area contributed by atoms with E-state index in [4.69, 9.17) is 20.9 Å². The van der Waals surface area contributed by atoms with Crippen LogP contribution in [-0.2, 0) is 54.8 Å². The standard InChI is InChI=1S/C47H53N7O7/c48-37(26-34-27-50-38-16-8-7-15-36(34)38)46(58)54-24-10-18-42(54)47(59)53-23-9-17-41(53)45(57)51-39(25-31-19-21-35(22-20-31)61-29-33-13-5-2-6-14-33)44(56)52-40(43(49)55)30-60-28-32-11-3-1-4-12-32/h1-8,11-16,19-22,27,37,39-42,50H,9-10,17-18,23-26,28-30,48H2,(H2,49,55)(H,51,57)(H,52,56). The molecular formula is C47H53N7O7. The van der Waals surface area contributed by atoms with Crippen LogP contribution >= 0.6 is 0 Å². The smallest absolute Gasteiger partial charge is 0.246 e. The van der Waals surface area contributed by atoms with E-state index in [2.05, 4.69) is 15.6 Å². The minimum Gasteiger partial charge on any atom is -0.489 e. The van der Waals surface area contributed by atoms with E-state index in [-0.39, 0.29) is 31.4 Å². The number of hydrogen-bond donors (Lipinski definition) is 5. The molecule has 14 heteroatoms. The van der Waals surface area contributed by atoms with Crippen molar-refractivity contribution in [1.82, 2.24) is 25.4 Å². The summed E-state index contributed by atoms with van der Waals surface area (Å²) in [5.74, 6) is -1.96. The van der Waals surface area contributed by atoms with Crippen molar-refractivity contribution in [1.29, 1.82) is 0 Å². The average molecular weight is 828 g/mol. The Bertz CT molecular complexity index is 2290. The van der Waals surface area contributed by atoms with Crippen molar-refractivity contribution in [3.05, 3.63) is 138 Å². The van der Waals surface area contributed by atoms with Crippen molar-refractivity contribution >= 4 is 40.4 Å². The SMILES string of the molecule is NC(=O)C(COCc1ccccc1)NC(=O)C(Cc1ccc(OCc2ccccc2)cc1)NC(=O)C1CCCN1C(=O)C1CCCN1C(=O)C(N)Cc1c[nH]c2ccccc12. The van der Waals surface area contributed by atoms with E-state index >= 15 is 0 Å². The van der Waals surface area contributed by atoms with Crippen LogP contribution in [0.5, 0.6) is 5.75 Å². The number of fused-ring (bicyclic) bond motifs is 1. The molecule has 61 heavy (non-hydrogen) atoms. The van der Waals surface area contributed by atoms with Gasteiger partial charge in [0.25, 0.3) is 0 Å². The summed E-state index contributed by atoms with van der Waals surface area (Å²) in [6.07, 6.45) is 4.24. The van der Waals surface area contributed by atoms with E-state index in [1.165, 1.54) is 4.90 Å². The Hall–Kier alpha value is -6.51. The predicted octanol–water partition coefficient (Wildman–Crippen LogP) is 3.51. The number of rotatable bonds is 18. The number of likely N-dealkylation sites (tertiary alicyclic amines) is 2. The number of nitrogens with two attached hydrogens (primary N) is 2. The van der Waals surface area contributed by atoms with Crippen LogP contribution in [0.25, 0.3) is 10.9 Å². The first-order valence-corrected chi connectivity index (χ1v) is 20.8. The zero-order valence-electron chi connectivity index (χ0n) is 34.0. The number of amides is 5. The van der Waals surface area contributed by atoms with Crippen LogP contribution < -0.4 is 26.8 Å². The monoisotopic (exact) mass is 827 g/mol. The average Bonchev–Trinajstić information content (AvgIpc) is 4.07. The maximum atomic E-state index is 14.3. The Morgan fingerprint density at radius 2 is 1.34 bits per heavy atom. The van der Waals surface area contributed by atoms with E-state index < -0.39 is 47.9 Å². The summed E-state index contributed by atoms with van der Waals surface area (Å²) in [7, 11) is 0. The molecule has 5 unspecified atom stereocenters. The molecule has 0 spiro atoms. The molecule has 0 aliphatic carbocycles. The first-order valence-electron chi connectivity index (χ1n) is 20.8. The van der Waals surface area contributed by atoms with Gasteiger partial charge in [0.2, 0.25) is 29.5 Å². The molecule has 7 rings (SSSR count). The normalized spacial score (nSPS) is 17.7. The van der Waals surface area contributed by atoms with Crippen molar-refractivity contribution in [3.63, 3.8) is 0 Å². The fourth-order valence-corrected chi connectivity index (χ4v) is 8.13. The van der Waals surface area contributed by atoms with Crippen LogP contribution in [0.4, 0.5) is 0 Å². The first kappa shape index (κ1) is 42.6. The minimum atomic E-state index is -1.18. The second-order valence-corrected chi connectivity index (χ2v) is 15.7. The van der Waals surface area contributed by atoms with Gasteiger partial charge in [-0.15, -0.1) is 0 Å². The highest BCUT2D eigenvalue weighted by molar-refractivity contribution is 5.96. The lowest BCUT2D eigenvalue weighted by Crippen LogP contribution is -2.59. The van der Waals surface area contributed by atoms with Gasteiger partial charge in [0, 0.05) is 36.6 Å². The van der Waals surface area contributed by atoms with E-state index in [1.807, 2.05) is 103 Å². The van der Waals surface area contributed by atoms with E-state index in [9.17, 15) is 24.0 Å². The summed E-state index contributed by atoms with van der Waals surface area (Å²) >= 11 is 0. The number of aromatic amines is 1. The molecule has 2 aliphatic rings. The molecule has 5 aromatic rings. The summed E-state index contributed by atoms with van der Waals surface area (Å²) in [5.41, 5.74) is 16.7. The van der Waals surface area contributed by atoms with E-state index in [1.54, 1.807) is 17.0 Å². The van der Waals surface area contributed by atoms with E-state index in [0.29, 0.717) is 63.1 Å². The van der Waals surface area contributed by atoms with Crippen LogP contribution in [-0.4, -0.2) is 94.2 Å². The fourth-order valence-electron chi connectivity index (χ4n) is 8.13. The third kappa shape index (κ3) is 10.8. The molecule has 5 amide bonds. The molecule has 2 fully saturated rings. The third-order valence-corrected chi connectivity index (χ3v) is 11.4. The largest absolute Gasteiger partial charge is 0.489 e. The number of nitrogens with one attached hydrogen (secondary N) is 3. The summed E-state index contributed by atoms with van der Waals surface area (Å²) in [6.45, 7) is 1.10. The van der Waals surface area contributed by atoms with Crippen molar-refractivity contribution in [2.75, 3.05) is 19.7 Å². The van der Waals surface area contributed by atoms with Crippen molar-refractivity contribution in [3.8, 4) is 5.75 Å². The lowest BCUT2D eigenvalue weighted by atomic mass is 10.0. The Morgan fingerprint density at radius 1 is 0.705 bits per heavy atom. The first-order chi connectivity index (χ1) is 29.6. The Morgan fingerprint density at radius 3 is 2.05 bits per heavy atom. The molecule has 318 valence electrons. The second kappa shape index (κ2) is 20.2. The van der Waals surface area contributed by atoms with Gasteiger partial charge in [-0.1, -0.05) is 91.0 Å². The molecule has 3 heterocycles. The number of H-pyrrole nitrogens is 1. The Balaban J connectivity index is 1.02. The summed E-state index contributed by atoms with van der Waals surface area (Å²) < 4.78 is 11.7. The third-order valence-electron chi connectivity index (χ3n) is 11.4. The number of nitrogens with zero attached hydrogens (tertiary/aromatic N) is 2. The molecule has 5 atom stereocenters. The molecule has 2 aliphatic heterocycles. The van der Waals surface area contributed by atoms with Crippen LogP contribution in [0.15, 0.2) is 115 Å². The summed E-state index contributed by atoms with van der Waals surface area (Å²) in [4.78, 5) is 75.1. The molecule has 0 saturated carbocycles. The molecule has 2 saturated heterocycles. The van der Waals surface area contributed by atoms with Crippen LogP contribution in [0.3, 0.4) is 0 Å². The molecule has 0 bridgehead atoms. The van der Waals surface area contributed by atoms with Gasteiger partial charge in [-0.25, -0.2) is 0 Å². The number of hydrogen-bond acceptors (Lipinski definition) is 8. The molecule has 7 N–H and O–H groups in total. The highest BCUT2D eigenvalue weighted by atomic mass is 16.5. The summed E-state index contributed by atoms with van der Waals surface area (Å²) in [5, 5.41) is 6.56. The van der Waals surface area contributed by atoms with Crippen LogP contribution in [0.2, 0.25) is 0 Å². The number of primary amides is 1. The second-order valence-electron chi connectivity index (χ2n) is 15.7. The van der Waals surface area contributed by atoms with Gasteiger partial charge in [0.1, 0.15) is 36.5 Å². The zero-order chi connectivity index (χ0) is 42.7. The van der Waals surface area contributed by atoms with Crippen LogP contribution in [0, 0.1) is 0 Å². The minimum absolute atomic E-state index is 0.0623. The van der Waals surface area contributed by atoms with Gasteiger partial charge in [-0.3, -0.25) is 24.0 Å². The van der Waals surface area contributed by atoms with E-state index in [0.717, 1.165) is 27.6 Å². The van der Waals surface area contributed by atoms with Crippen molar-refractivity contribution < 1.29 is 33.4 Å². The lowest BCUT2D eigenvalue weighted by molar-refractivity contribution is -0.147. The Labute approximate surface area is 354 Å². The lowest BCUT2D eigenvalue weighted by Gasteiger charge is -2.32. The zero-order valence-corrected chi connectivity index (χ0v) is 34.0. The molecule has 0 radical (unpaired) electrons. The van der Waals surface area contributed by atoms with Gasteiger partial charge >= 0.3 is 0 Å².